The normalized spacial score (nSPS) is 11.5. The first-order valence-corrected chi connectivity index (χ1v) is 6.34. The molecule has 22 heavy (non-hydrogen) atoms. The number of anilines is 1. The molecule has 0 spiro atoms. The van der Waals surface area contributed by atoms with Gasteiger partial charge >= 0.3 is 11.8 Å². The van der Waals surface area contributed by atoms with Crippen LogP contribution in [0.3, 0.4) is 0 Å². The smallest absolute Gasteiger partial charge is 0.336 e. The van der Waals surface area contributed by atoms with Crippen LogP contribution in [-0.4, -0.2) is 10.6 Å². The number of carbonyl (C=O) groups is 1. The molecule has 2 aromatic rings. The summed E-state index contributed by atoms with van der Waals surface area (Å²) < 4.78 is 44.1. The highest BCUT2D eigenvalue weighted by molar-refractivity contribution is 6.31. The molecule has 1 aromatic heterocycles. The lowest BCUT2D eigenvalue weighted by atomic mass is 10.1. The van der Waals surface area contributed by atoms with E-state index in [2.05, 4.69) is 5.32 Å². The zero-order chi connectivity index (χ0) is 16.7. The Morgan fingerprint density at radius 1 is 1.36 bits per heavy atom. The number of rotatable bonds is 2. The Labute approximate surface area is 127 Å². The summed E-state index contributed by atoms with van der Waals surface area (Å²) in [6.45, 7) is 1.48. The molecule has 0 bridgehead atoms. The predicted molar refractivity (Wildman–Crippen MR) is 73.1 cm³/mol. The van der Waals surface area contributed by atoms with Crippen LogP contribution in [-0.2, 0) is 13.2 Å². The second-order valence-corrected chi connectivity index (χ2v) is 4.89. The summed E-state index contributed by atoms with van der Waals surface area (Å²) in [5.41, 5.74) is -2.10. The number of hydrogen-bond acceptors (Lipinski definition) is 3. The topological polar surface area (TPSA) is 64.2 Å². The summed E-state index contributed by atoms with van der Waals surface area (Å²) >= 11 is 5.49. The SMILES string of the molecule is Cc1c(C(=O)Nc2ccc(Cl)c(C(F)(F)F)c2)c(=O)on1C. The van der Waals surface area contributed by atoms with E-state index < -0.39 is 28.3 Å². The van der Waals surface area contributed by atoms with Crippen molar-refractivity contribution >= 4 is 23.2 Å². The maximum Gasteiger partial charge on any atom is 0.417 e. The average molecular weight is 335 g/mol. The Morgan fingerprint density at radius 2 is 2.00 bits per heavy atom. The number of alkyl halides is 3. The minimum Gasteiger partial charge on any atom is -0.336 e. The Hall–Kier alpha value is -2.22. The highest BCUT2D eigenvalue weighted by atomic mass is 35.5. The Balaban J connectivity index is 2.35. The molecule has 0 aliphatic heterocycles. The molecule has 9 heteroatoms. The number of aryl methyl sites for hydroxylation is 1. The molecule has 0 unspecified atom stereocenters. The van der Waals surface area contributed by atoms with Gasteiger partial charge in [0.2, 0.25) is 0 Å². The molecular weight excluding hydrogens is 325 g/mol. The molecule has 1 aromatic carbocycles. The maximum absolute atomic E-state index is 12.8. The number of hydrogen-bond donors (Lipinski definition) is 1. The molecule has 1 amide bonds. The van der Waals surface area contributed by atoms with Gasteiger partial charge in [0, 0.05) is 12.7 Å². The van der Waals surface area contributed by atoms with Crippen LogP contribution in [0.2, 0.25) is 5.02 Å². The molecule has 0 aliphatic rings. The molecule has 0 saturated heterocycles. The summed E-state index contributed by atoms with van der Waals surface area (Å²) in [5, 5.41) is 1.74. The van der Waals surface area contributed by atoms with Gasteiger partial charge in [-0.15, -0.1) is 0 Å². The average Bonchev–Trinajstić information content (AvgIpc) is 2.64. The molecule has 2 rings (SSSR count). The second kappa shape index (κ2) is 5.53. The molecule has 0 aliphatic carbocycles. The van der Waals surface area contributed by atoms with Crippen molar-refractivity contribution < 1.29 is 22.5 Å². The van der Waals surface area contributed by atoms with Crippen molar-refractivity contribution in [3.63, 3.8) is 0 Å². The molecule has 5 nitrogen and oxygen atoms in total. The van der Waals surface area contributed by atoms with Crippen LogP contribution in [0, 0.1) is 6.92 Å². The Kier molecular flexibility index (Phi) is 4.06. The van der Waals surface area contributed by atoms with Gasteiger partial charge in [-0.2, -0.15) is 13.2 Å². The Morgan fingerprint density at radius 3 is 2.50 bits per heavy atom. The fraction of sp³-hybridized carbons (Fsp3) is 0.231. The lowest BCUT2D eigenvalue weighted by Crippen LogP contribution is -2.19. The lowest BCUT2D eigenvalue weighted by Gasteiger charge is -2.11. The minimum atomic E-state index is -4.65. The van der Waals surface area contributed by atoms with E-state index in [1.54, 1.807) is 0 Å². The number of amides is 1. The maximum atomic E-state index is 12.8. The van der Waals surface area contributed by atoms with Crippen LogP contribution >= 0.6 is 11.6 Å². The van der Waals surface area contributed by atoms with E-state index in [1.165, 1.54) is 20.0 Å². The van der Waals surface area contributed by atoms with Crippen molar-refractivity contribution in [2.75, 3.05) is 5.32 Å². The predicted octanol–water partition coefficient (Wildman–Crippen LogP) is 3.21. The van der Waals surface area contributed by atoms with Crippen LogP contribution in [0.1, 0.15) is 21.6 Å². The molecule has 1 heterocycles. The van der Waals surface area contributed by atoms with Gasteiger partial charge in [-0.3, -0.25) is 4.79 Å². The van der Waals surface area contributed by atoms with E-state index in [1.807, 2.05) is 0 Å². The molecule has 0 fully saturated rings. The van der Waals surface area contributed by atoms with Crippen molar-refractivity contribution in [1.29, 1.82) is 0 Å². The van der Waals surface area contributed by atoms with E-state index in [9.17, 15) is 22.8 Å². The minimum absolute atomic E-state index is 0.135. The van der Waals surface area contributed by atoms with Gasteiger partial charge in [-0.1, -0.05) is 11.6 Å². The van der Waals surface area contributed by atoms with E-state index in [0.29, 0.717) is 6.07 Å². The highest BCUT2D eigenvalue weighted by Gasteiger charge is 2.33. The molecule has 1 N–H and O–H groups in total. The Bertz CT molecular complexity index is 793. The number of carbonyl (C=O) groups excluding carboxylic acids is 1. The van der Waals surface area contributed by atoms with Crippen molar-refractivity contribution in [2.45, 2.75) is 13.1 Å². The van der Waals surface area contributed by atoms with Crippen molar-refractivity contribution in [1.82, 2.24) is 4.74 Å². The first-order chi connectivity index (χ1) is 10.1. The van der Waals surface area contributed by atoms with Gasteiger partial charge in [0.25, 0.3) is 5.91 Å². The highest BCUT2D eigenvalue weighted by Crippen LogP contribution is 2.36. The van der Waals surface area contributed by atoms with E-state index in [4.69, 9.17) is 16.1 Å². The van der Waals surface area contributed by atoms with E-state index in [0.717, 1.165) is 10.8 Å². The summed E-state index contributed by atoms with van der Waals surface area (Å²) in [4.78, 5) is 23.5. The molecule has 0 saturated carbocycles. The molecule has 0 atom stereocenters. The summed E-state index contributed by atoms with van der Waals surface area (Å²) in [5.74, 6) is -0.859. The van der Waals surface area contributed by atoms with Crippen LogP contribution in [0.15, 0.2) is 27.5 Å². The first-order valence-electron chi connectivity index (χ1n) is 5.96. The van der Waals surface area contributed by atoms with Crippen LogP contribution in [0.4, 0.5) is 18.9 Å². The van der Waals surface area contributed by atoms with Crippen LogP contribution < -0.4 is 10.9 Å². The largest absolute Gasteiger partial charge is 0.417 e. The zero-order valence-electron chi connectivity index (χ0n) is 11.4. The molecular formula is C13H10ClF3N2O3. The van der Waals surface area contributed by atoms with Gasteiger partial charge in [0.05, 0.1) is 16.3 Å². The summed E-state index contributed by atoms with van der Waals surface area (Å²) in [6.07, 6.45) is -4.65. The van der Waals surface area contributed by atoms with Gasteiger partial charge < -0.3 is 9.84 Å². The van der Waals surface area contributed by atoms with E-state index in [-0.39, 0.29) is 16.9 Å². The number of nitrogens with zero attached hydrogens (tertiary/aromatic N) is 1. The number of benzene rings is 1. The quantitative estimate of drug-likeness (QED) is 0.917. The summed E-state index contributed by atoms with van der Waals surface area (Å²) in [7, 11) is 1.43. The fourth-order valence-electron chi connectivity index (χ4n) is 1.81. The third kappa shape index (κ3) is 3.01. The number of halogens is 4. The number of nitrogens with one attached hydrogen (secondary N) is 1. The van der Waals surface area contributed by atoms with Crippen LogP contribution in [0.5, 0.6) is 0 Å². The number of aromatic nitrogens is 1. The zero-order valence-corrected chi connectivity index (χ0v) is 12.2. The van der Waals surface area contributed by atoms with Crippen molar-refractivity contribution in [3.8, 4) is 0 Å². The third-order valence-electron chi connectivity index (χ3n) is 3.01. The van der Waals surface area contributed by atoms with Gasteiger partial charge in [-0.25, -0.2) is 9.53 Å². The lowest BCUT2D eigenvalue weighted by molar-refractivity contribution is -0.137. The van der Waals surface area contributed by atoms with Crippen LogP contribution in [0.25, 0.3) is 0 Å². The van der Waals surface area contributed by atoms with Gasteiger partial charge in [0.1, 0.15) is 5.56 Å². The van der Waals surface area contributed by atoms with Gasteiger partial charge in [0.15, 0.2) is 0 Å². The standard InChI is InChI=1S/C13H10ClF3N2O3/c1-6-10(12(21)22-19(6)2)11(20)18-7-3-4-9(14)8(5-7)13(15,16)17/h3-5H,1-2H3,(H,18,20). The fourth-order valence-corrected chi connectivity index (χ4v) is 2.04. The third-order valence-corrected chi connectivity index (χ3v) is 3.34. The first kappa shape index (κ1) is 16.2. The molecule has 118 valence electrons. The molecule has 0 radical (unpaired) electrons. The van der Waals surface area contributed by atoms with Gasteiger partial charge in [-0.05, 0) is 25.1 Å². The van der Waals surface area contributed by atoms with E-state index >= 15 is 0 Å². The second-order valence-electron chi connectivity index (χ2n) is 4.48. The van der Waals surface area contributed by atoms with Crippen molar-refractivity contribution in [2.24, 2.45) is 7.05 Å². The van der Waals surface area contributed by atoms with Crippen molar-refractivity contribution in [3.05, 3.63) is 50.5 Å². The monoisotopic (exact) mass is 334 g/mol. The summed E-state index contributed by atoms with van der Waals surface area (Å²) in [6, 6.07) is 2.91.